The molecular formula is C17H29N3O. The summed E-state index contributed by atoms with van der Waals surface area (Å²) in [5.74, 6) is 0.809. The zero-order chi connectivity index (χ0) is 16.0. The Labute approximate surface area is 129 Å². The highest BCUT2D eigenvalue weighted by atomic mass is 16.2. The lowest BCUT2D eigenvalue weighted by Gasteiger charge is -2.22. The van der Waals surface area contributed by atoms with Crippen LogP contribution in [0.15, 0.2) is 12.1 Å². The molecular weight excluding hydrogens is 262 g/mol. The van der Waals surface area contributed by atoms with Gasteiger partial charge < -0.3 is 10.2 Å². The molecule has 1 aromatic rings. The monoisotopic (exact) mass is 291 g/mol. The van der Waals surface area contributed by atoms with Crippen molar-refractivity contribution >= 4 is 11.7 Å². The Kier molecular flexibility index (Phi) is 6.19. The number of anilines is 1. The molecule has 0 radical (unpaired) electrons. The Hall–Kier alpha value is -1.58. The molecule has 0 aromatic carbocycles. The summed E-state index contributed by atoms with van der Waals surface area (Å²) in [5.41, 5.74) is 1.56. The molecule has 4 nitrogen and oxygen atoms in total. The number of carbonyl (C=O) groups is 1. The van der Waals surface area contributed by atoms with Crippen molar-refractivity contribution in [2.24, 2.45) is 0 Å². The summed E-state index contributed by atoms with van der Waals surface area (Å²) in [6.07, 6.45) is 3.37. The Morgan fingerprint density at radius 3 is 2.48 bits per heavy atom. The highest BCUT2D eigenvalue weighted by Crippen LogP contribution is 2.23. The lowest BCUT2D eigenvalue weighted by molar-refractivity contribution is 0.0792. The predicted octanol–water partition coefficient (Wildman–Crippen LogP) is 3.68. The lowest BCUT2D eigenvalue weighted by Crippen LogP contribution is -2.28. The van der Waals surface area contributed by atoms with Crippen LogP contribution in [0.2, 0.25) is 0 Å². The molecule has 0 atom stereocenters. The molecule has 0 saturated heterocycles. The second-order valence-corrected chi connectivity index (χ2v) is 6.56. The van der Waals surface area contributed by atoms with Crippen LogP contribution < -0.4 is 5.32 Å². The molecule has 1 heterocycles. The number of carbonyl (C=O) groups excluding carboxylic acids is 1. The second-order valence-electron chi connectivity index (χ2n) is 6.56. The minimum Gasteiger partial charge on any atom is -0.373 e. The zero-order valence-corrected chi connectivity index (χ0v) is 14.3. The summed E-state index contributed by atoms with van der Waals surface area (Å²) in [4.78, 5) is 18.9. The third-order valence-electron chi connectivity index (χ3n) is 3.54. The van der Waals surface area contributed by atoms with Crippen molar-refractivity contribution < 1.29 is 4.79 Å². The Morgan fingerprint density at radius 2 is 1.95 bits per heavy atom. The quantitative estimate of drug-likeness (QED) is 0.813. The number of hydrogen-bond acceptors (Lipinski definition) is 3. The molecule has 0 spiro atoms. The van der Waals surface area contributed by atoms with E-state index in [4.69, 9.17) is 0 Å². The van der Waals surface area contributed by atoms with E-state index in [0.29, 0.717) is 5.56 Å². The maximum absolute atomic E-state index is 12.6. The van der Waals surface area contributed by atoms with E-state index in [1.807, 2.05) is 26.2 Å². The first kappa shape index (κ1) is 17.5. The van der Waals surface area contributed by atoms with Crippen molar-refractivity contribution in [2.75, 3.05) is 26.0 Å². The number of nitrogens with zero attached hydrogens (tertiary/aromatic N) is 2. The third-order valence-corrected chi connectivity index (χ3v) is 3.54. The summed E-state index contributed by atoms with van der Waals surface area (Å²) >= 11 is 0. The van der Waals surface area contributed by atoms with Crippen molar-refractivity contribution in [2.45, 2.75) is 52.4 Å². The fraction of sp³-hybridized carbons (Fsp3) is 0.647. The molecule has 1 N–H and O–H groups in total. The van der Waals surface area contributed by atoms with Crippen molar-refractivity contribution in [3.05, 3.63) is 23.4 Å². The van der Waals surface area contributed by atoms with Crippen LogP contribution in [0.4, 0.5) is 5.82 Å². The van der Waals surface area contributed by atoms with Gasteiger partial charge in [-0.2, -0.15) is 0 Å². The van der Waals surface area contributed by atoms with Gasteiger partial charge in [-0.3, -0.25) is 4.79 Å². The Bertz CT molecular complexity index is 477. The van der Waals surface area contributed by atoms with Gasteiger partial charge in [0.1, 0.15) is 5.82 Å². The van der Waals surface area contributed by atoms with E-state index >= 15 is 0 Å². The average Bonchev–Trinajstić information content (AvgIpc) is 2.45. The standard InChI is InChI=1S/C17H29N3O/c1-7-8-9-10-20(6)16(21)13-11-14(17(2,3)4)19-15(12-13)18-5/h11-12H,7-10H2,1-6H3,(H,18,19). The van der Waals surface area contributed by atoms with E-state index in [-0.39, 0.29) is 11.3 Å². The van der Waals surface area contributed by atoms with Gasteiger partial charge in [0.15, 0.2) is 0 Å². The van der Waals surface area contributed by atoms with Gasteiger partial charge in [0, 0.05) is 37.3 Å². The highest BCUT2D eigenvalue weighted by molar-refractivity contribution is 5.94. The van der Waals surface area contributed by atoms with E-state index in [0.717, 1.165) is 37.3 Å². The Morgan fingerprint density at radius 1 is 1.29 bits per heavy atom. The number of amides is 1. The van der Waals surface area contributed by atoms with Gasteiger partial charge >= 0.3 is 0 Å². The first-order valence-corrected chi connectivity index (χ1v) is 7.75. The number of nitrogens with one attached hydrogen (secondary N) is 1. The molecule has 1 aromatic heterocycles. The summed E-state index contributed by atoms with van der Waals surface area (Å²) in [7, 11) is 3.70. The van der Waals surface area contributed by atoms with E-state index in [9.17, 15) is 4.79 Å². The zero-order valence-electron chi connectivity index (χ0n) is 14.3. The van der Waals surface area contributed by atoms with Gasteiger partial charge in [0.2, 0.25) is 0 Å². The van der Waals surface area contributed by atoms with Gasteiger partial charge in [-0.1, -0.05) is 40.5 Å². The fourth-order valence-corrected chi connectivity index (χ4v) is 2.09. The smallest absolute Gasteiger partial charge is 0.253 e. The number of pyridine rings is 1. The largest absolute Gasteiger partial charge is 0.373 e. The van der Waals surface area contributed by atoms with Gasteiger partial charge in [0.25, 0.3) is 5.91 Å². The second kappa shape index (κ2) is 7.43. The summed E-state index contributed by atoms with van der Waals surface area (Å²) < 4.78 is 0. The maximum atomic E-state index is 12.6. The van der Waals surface area contributed by atoms with Crippen LogP contribution in [0, 0.1) is 0 Å². The van der Waals surface area contributed by atoms with Gasteiger partial charge in [-0.15, -0.1) is 0 Å². The average molecular weight is 291 g/mol. The molecule has 0 fully saturated rings. The minimum atomic E-state index is -0.0807. The normalized spacial score (nSPS) is 11.3. The van der Waals surface area contributed by atoms with Crippen LogP contribution in [0.3, 0.4) is 0 Å². The van der Waals surface area contributed by atoms with E-state index < -0.39 is 0 Å². The van der Waals surface area contributed by atoms with Crippen molar-refractivity contribution in [1.29, 1.82) is 0 Å². The van der Waals surface area contributed by atoms with Gasteiger partial charge in [0.05, 0.1) is 0 Å². The fourth-order valence-electron chi connectivity index (χ4n) is 2.09. The van der Waals surface area contributed by atoms with Crippen LogP contribution >= 0.6 is 0 Å². The molecule has 0 aliphatic heterocycles. The third kappa shape index (κ3) is 5.03. The molecule has 1 rings (SSSR count). The van der Waals surface area contributed by atoms with Crippen molar-refractivity contribution in [3.8, 4) is 0 Å². The van der Waals surface area contributed by atoms with E-state index in [2.05, 4.69) is 38.0 Å². The van der Waals surface area contributed by atoms with E-state index in [1.54, 1.807) is 4.90 Å². The first-order valence-electron chi connectivity index (χ1n) is 7.75. The number of rotatable bonds is 6. The van der Waals surface area contributed by atoms with Crippen molar-refractivity contribution in [1.82, 2.24) is 9.88 Å². The molecule has 4 heteroatoms. The maximum Gasteiger partial charge on any atom is 0.253 e. The summed E-state index contributed by atoms with van der Waals surface area (Å²) in [6.45, 7) is 9.28. The SMILES string of the molecule is CCCCCN(C)C(=O)c1cc(NC)nc(C(C)(C)C)c1. The molecule has 0 saturated carbocycles. The first-order chi connectivity index (χ1) is 9.79. The van der Waals surface area contributed by atoms with E-state index in [1.165, 1.54) is 0 Å². The number of unbranched alkanes of at least 4 members (excludes halogenated alkanes) is 2. The summed E-state index contributed by atoms with van der Waals surface area (Å²) in [6, 6.07) is 3.74. The highest BCUT2D eigenvalue weighted by Gasteiger charge is 2.20. The van der Waals surface area contributed by atoms with Crippen LogP contribution in [0.1, 0.15) is 63.0 Å². The van der Waals surface area contributed by atoms with Crippen LogP contribution in [0.5, 0.6) is 0 Å². The minimum absolute atomic E-state index is 0.0653. The molecule has 0 aliphatic carbocycles. The van der Waals surface area contributed by atoms with Gasteiger partial charge in [-0.05, 0) is 18.6 Å². The molecule has 0 unspecified atom stereocenters. The van der Waals surface area contributed by atoms with Crippen molar-refractivity contribution in [3.63, 3.8) is 0 Å². The van der Waals surface area contributed by atoms with Crippen LogP contribution in [-0.2, 0) is 5.41 Å². The number of aromatic nitrogens is 1. The molecule has 1 amide bonds. The molecule has 118 valence electrons. The molecule has 0 aliphatic rings. The predicted molar refractivity (Wildman–Crippen MR) is 89.0 cm³/mol. The number of hydrogen-bond donors (Lipinski definition) is 1. The molecule has 21 heavy (non-hydrogen) atoms. The van der Waals surface area contributed by atoms with Gasteiger partial charge in [-0.25, -0.2) is 4.98 Å². The van der Waals surface area contributed by atoms with Crippen LogP contribution in [0.25, 0.3) is 0 Å². The summed E-state index contributed by atoms with van der Waals surface area (Å²) in [5, 5.41) is 3.04. The topological polar surface area (TPSA) is 45.2 Å². The molecule has 0 bridgehead atoms. The van der Waals surface area contributed by atoms with Crippen LogP contribution in [-0.4, -0.2) is 36.4 Å². The lowest BCUT2D eigenvalue weighted by atomic mass is 9.90. The Balaban J connectivity index is 2.98.